The van der Waals surface area contributed by atoms with Crippen molar-refractivity contribution >= 4 is 11.8 Å². The fourth-order valence-corrected chi connectivity index (χ4v) is 3.28. The molecule has 0 spiro atoms. The van der Waals surface area contributed by atoms with Gasteiger partial charge in [-0.3, -0.25) is 0 Å². The highest BCUT2D eigenvalue weighted by Crippen LogP contribution is 2.21. The molecule has 0 aromatic heterocycles. The summed E-state index contributed by atoms with van der Waals surface area (Å²) in [6.07, 6.45) is 0. The van der Waals surface area contributed by atoms with E-state index in [1.165, 1.54) is 16.7 Å². The molecular weight excluding hydrogens is 262 g/mol. The Morgan fingerprint density at radius 2 is 1.70 bits per heavy atom. The molecule has 2 aromatic carbocycles. The normalized spacial score (nSPS) is 12.3. The fourth-order valence-electron chi connectivity index (χ4n) is 2.19. The molecule has 0 saturated carbocycles. The highest BCUT2D eigenvalue weighted by molar-refractivity contribution is 7.98. The van der Waals surface area contributed by atoms with Gasteiger partial charge in [-0.2, -0.15) is 11.8 Å². The Bertz CT molecular complexity index is 493. The third kappa shape index (κ3) is 4.69. The molecule has 1 nitrogen and oxygen atoms in total. The van der Waals surface area contributed by atoms with Crippen LogP contribution in [-0.4, -0.2) is 12.3 Å². The van der Waals surface area contributed by atoms with Gasteiger partial charge in [0.25, 0.3) is 0 Å². The van der Waals surface area contributed by atoms with E-state index < -0.39 is 0 Å². The second-order valence-corrected chi connectivity index (χ2v) is 6.05. The first-order chi connectivity index (χ1) is 9.79. The molecule has 2 heteroatoms. The smallest absolute Gasteiger partial charge is 0.0411 e. The van der Waals surface area contributed by atoms with Crippen molar-refractivity contribution in [3.05, 3.63) is 71.3 Å². The molecular formula is C18H23NS. The molecule has 1 atom stereocenters. The van der Waals surface area contributed by atoms with Crippen molar-refractivity contribution in [3.63, 3.8) is 0 Å². The molecule has 0 bridgehead atoms. The monoisotopic (exact) mass is 285 g/mol. The maximum absolute atomic E-state index is 3.58. The lowest BCUT2D eigenvalue weighted by atomic mass is 10.1. The van der Waals surface area contributed by atoms with Gasteiger partial charge in [-0.05, 0) is 24.6 Å². The van der Waals surface area contributed by atoms with Gasteiger partial charge in [0, 0.05) is 17.5 Å². The van der Waals surface area contributed by atoms with Crippen LogP contribution in [0.1, 0.15) is 29.7 Å². The molecule has 0 aliphatic rings. The van der Waals surface area contributed by atoms with Crippen molar-refractivity contribution in [2.75, 3.05) is 12.3 Å². The van der Waals surface area contributed by atoms with E-state index in [-0.39, 0.29) is 0 Å². The highest BCUT2D eigenvalue weighted by Gasteiger charge is 2.09. The summed E-state index contributed by atoms with van der Waals surface area (Å²) in [6.45, 7) is 5.31. The first-order valence-corrected chi connectivity index (χ1v) is 8.36. The number of benzene rings is 2. The third-order valence-electron chi connectivity index (χ3n) is 3.33. The Kier molecular flexibility index (Phi) is 6.16. The second-order valence-electron chi connectivity index (χ2n) is 5.02. The average Bonchev–Trinajstić information content (AvgIpc) is 2.48. The molecule has 0 heterocycles. The van der Waals surface area contributed by atoms with Crippen LogP contribution in [0.2, 0.25) is 0 Å². The minimum absolute atomic E-state index is 0.439. The summed E-state index contributed by atoms with van der Waals surface area (Å²) in [5.41, 5.74) is 4.11. The first kappa shape index (κ1) is 15.1. The summed E-state index contributed by atoms with van der Waals surface area (Å²) in [5, 5.41) is 3.58. The largest absolute Gasteiger partial charge is 0.310 e. The van der Waals surface area contributed by atoms with E-state index in [1.54, 1.807) is 0 Å². The predicted molar refractivity (Wildman–Crippen MR) is 90.2 cm³/mol. The molecule has 2 rings (SSSR count). The minimum atomic E-state index is 0.439. The molecule has 0 aliphatic heterocycles. The molecule has 20 heavy (non-hydrogen) atoms. The molecule has 1 N–H and O–H groups in total. The summed E-state index contributed by atoms with van der Waals surface area (Å²) in [4.78, 5) is 0. The number of hydrogen-bond acceptors (Lipinski definition) is 2. The molecule has 0 fully saturated rings. The minimum Gasteiger partial charge on any atom is -0.310 e. The first-order valence-electron chi connectivity index (χ1n) is 7.21. The Labute approximate surface area is 126 Å². The van der Waals surface area contributed by atoms with E-state index in [2.05, 4.69) is 73.8 Å². The van der Waals surface area contributed by atoms with Crippen LogP contribution in [0.5, 0.6) is 0 Å². The number of rotatable bonds is 7. The Morgan fingerprint density at radius 3 is 2.35 bits per heavy atom. The Morgan fingerprint density at radius 1 is 1.00 bits per heavy atom. The van der Waals surface area contributed by atoms with Crippen molar-refractivity contribution in [1.29, 1.82) is 0 Å². The zero-order valence-electron chi connectivity index (χ0n) is 12.3. The van der Waals surface area contributed by atoms with Crippen LogP contribution in [0.25, 0.3) is 0 Å². The van der Waals surface area contributed by atoms with Gasteiger partial charge in [0.05, 0.1) is 0 Å². The topological polar surface area (TPSA) is 12.0 Å². The maximum atomic E-state index is 3.58. The third-order valence-corrected chi connectivity index (χ3v) is 4.43. The summed E-state index contributed by atoms with van der Waals surface area (Å²) in [7, 11) is 0. The van der Waals surface area contributed by atoms with Gasteiger partial charge in [0.1, 0.15) is 0 Å². The van der Waals surface area contributed by atoms with Crippen LogP contribution in [-0.2, 0) is 5.75 Å². The lowest BCUT2D eigenvalue weighted by Crippen LogP contribution is -2.23. The zero-order chi connectivity index (χ0) is 14.2. The van der Waals surface area contributed by atoms with Gasteiger partial charge >= 0.3 is 0 Å². The summed E-state index contributed by atoms with van der Waals surface area (Å²) >= 11 is 1.99. The number of hydrogen-bond donors (Lipinski definition) is 1. The van der Waals surface area contributed by atoms with Gasteiger partial charge in [0.15, 0.2) is 0 Å². The van der Waals surface area contributed by atoms with E-state index in [9.17, 15) is 0 Å². The van der Waals surface area contributed by atoms with Crippen LogP contribution in [0.4, 0.5) is 0 Å². The molecule has 0 amide bonds. The van der Waals surface area contributed by atoms with Gasteiger partial charge in [-0.15, -0.1) is 0 Å². The van der Waals surface area contributed by atoms with E-state index in [0.717, 1.165) is 18.1 Å². The van der Waals surface area contributed by atoms with Crippen LogP contribution in [0.3, 0.4) is 0 Å². The van der Waals surface area contributed by atoms with Crippen LogP contribution in [0, 0.1) is 6.92 Å². The number of aryl methyl sites for hydroxylation is 1. The quantitative estimate of drug-likeness (QED) is 0.799. The van der Waals surface area contributed by atoms with Gasteiger partial charge in [0.2, 0.25) is 0 Å². The molecule has 106 valence electrons. The highest BCUT2D eigenvalue weighted by atomic mass is 32.2. The average molecular weight is 285 g/mol. The van der Waals surface area contributed by atoms with Gasteiger partial charge in [-0.1, -0.05) is 67.1 Å². The molecule has 0 aliphatic carbocycles. The Balaban J connectivity index is 1.90. The van der Waals surface area contributed by atoms with Gasteiger partial charge in [-0.25, -0.2) is 0 Å². The molecule has 1 unspecified atom stereocenters. The van der Waals surface area contributed by atoms with E-state index in [1.807, 2.05) is 11.8 Å². The summed E-state index contributed by atoms with van der Waals surface area (Å²) < 4.78 is 0. The van der Waals surface area contributed by atoms with Crippen molar-refractivity contribution in [3.8, 4) is 0 Å². The lowest BCUT2D eigenvalue weighted by Gasteiger charge is -2.18. The summed E-state index contributed by atoms with van der Waals surface area (Å²) in [5.74, 6) is 2.18. The van der Waals surface area contributed by atoms with Crippen molar-refractivity contribution < 1.29 is 0 Å². The lowest BCUT2D eigenvalue weighted by molar-refractivity contribution is 0.606. The van der Waals surface area contributed by atoms with Crippen LogP contribution < -0.4 is 5.32 Å². The maximum Gasteiger partial charge on any atom is 0.0411 e. The van der Waals surface area contributed by atoms with Gasteiger partial charge < -0.3 is 5.32 Å². The standard InChI is InChI=1S/C18H23NS/c1-3-19-18(17-11-9-15(2)10-12-17)14-20-13-16-7-5-4-6-8-16/h4-12,18-19H,3,13-14H2,1-2H3. The summed E-state index contributed by atoms with van der Waals surface area (Å²) in [6, 6.07) is 20.0. The number of nitrogens with one attached hydrogen (secondary N) is 1. The van der Waals surface area contributed by atoms with Crippen molar-refractivity contribution in [1.82, 2.24) is 5.32 Å². The van der Waals surface area contributed by atoms with E-state index >= 15 is 0 Å². The van der Waals surface area contributed by atoms with Crippen molar-refractivity contribution in [2.24, 2.45) is 0 Å². The SMILES string of the molecule is CCNC(CSCc1ccccc1)c1ccc(C)cc1. The molecule has 2 aromatic rings. The van der Waals surface area contributed by atoms with Crippen LogP contribution >= 0.6 is 11.8 Å². The second kappa shape index (κ2) is 8.13. The molecule has 0 saturated heterocycles. The van der Waals surface area contributed by atoms with Crippen molar-refractivity contribution in [2.45, 2.75) is 25.6 Å². The van der Waals surface area contributed by atoms with E-state index in [4.69, 9.17) is 0 Å². The Hall–Kier alpha value is -1.25. The number of thioether (sulfide) groups is 1. The fraction of sp³-hybridized carbons (Fsp3) is 0.333. The zero-order valence-corrected chi connectivity index (χ0v) is 13.1. The van der Waals surface area contributed by atoms with Crippen LogP contribution in [0.15, 0.2) is 54.6 Å². The van der Waals surface area contributed by atoms with E-state index in [0.29, 0.717) is 6.04 Å². The molecule has 0 radical (unpaired) electrons. The predicted octanol–water partition coefficient (Wildman–Crippen LogP) is 4.58.